The van der Waals surface area contributed by atoms with Crippen LogP contribution >= 0.6 is 0 Å². The second-order valence-electron chi connectivity index (χ2n) is 5.68. The van der Waals surface area contributed by atoms with Crippen molar-refractivity contribution in [2.24, 2.45) is 7.05 Å². The van der Waals surface area contributed by atoms with Crippen molar-refractivity contribution in [2.45, 2.75) is 18.9 Å². The van der Waals surface area contributed by atoms with E-state index in [4.69, 9.17) is 0 Å². The van der Waals surface area contributed by atoms with Crippen molar-refractivity contribution >= 4 is 22.8 Å². The summed E-state index contributed by atoms with van der Waals surface area (Å²) in [6, 6.07) is 4.77. The highest BCUT2D eigenvalue weighted by atomic mass is 16.2. The average Bonchev–Trinajstić information content (AvgIpc) is 2.81. The van der Waals surface area contributed by atoms with Crippen molar-refractivity contribution in [1.82, 2.24) is 19.8 Å². The van der Waals surface area contributed by atoms with Crippen LogP contribution in [-0.4, -0.2) is 34.5 Å². The smallest absolute Gasteiger partial charge is 0.309 e. The van der Waals surface area contributed by atoms with Crippen LogP contribution in [0.1, 0.15) is 24.4 Å². The average molecular weight is 326 g/mol. The molecule has 2 aromatic rings. The van der Waals surface area contributed by atoms with E-state index in [1.807, 2.05) is 19.2 Å². The van der Waals surface area contributed by atoms with Crippen LogP contribution in [0.5, 0.6) is 0 Å². The van der Waals surface area contributed by atoms with E-state index in [0.717, 1.165) is 5.56 Å². The summed E-state index contributed by atoms with van der Waals surface area (Å²) in [5.41, 5.74) is 1.78. The Labute approximate surface area is 138 Å². The number of rotatable bonds is 2. The van der Waals surface area contributed by atoms with E-state index in [-0.39, 0.29) is 18.0 Å². The molecule has 1 aromatic carbocycles. The Morgan fingerprint density at radius 1 is 1.33 bits per heavy atom. The van der Waals surface area contributed by atoms with Gasteiger partial charge in [0.2, 0.25) is 11.8 Å². The molecule has 2 N–H and O–H groups in total. The normalized spacial score (nSPS) is 17.5. The number of nitrogens with one attached hydrogen (secondary N) is 2. The zero-order chi connectivity index (χ0) is 17.3. The summed E-state index contributed by atoms with van der Waals surface area (Å²) in [6.07, 6.45) is 0.542. The minimum Gasteiger partial charge on any atom is -0.309 e. The number of hydrogen-bond donors (Lipinski definition) is 2. The Balaban J connectivity index is 2.17. The van der Waals surface area contributed by atoms with E-state index in [0.29, 0.717) is 24.0 Å². The first-order valence-electron chi connectivity index (χ1n) is 7.71. The molecular weight excluding hydrogens is 308 g/mol. The van der Waals surface area contributed by atoms with Gasteiger partial charge in [0.05, 0.1) is 23.1 Å². The number of nitrogens with zero attached hydrogens (tertiary/aromatic N) is 2. The minimum absolute atomic E-state index is 0.223. The Kier molecular flexibility index (Phi) is 4.23. The number of para-hydroxylation sites is 1. The third-order valence-electron chi connectivity index (χ3n) is 4.11. The Morgan fingerprint density at radius 3 is 2.83 bits per heavy atom. The van der Waals surface area contributed by atoms with Gasteiger partial charge in [-0.25, -0.2) is 4.79 Å². The predicted octanol–water partition coefficient (Wildman–Crippen LogP) is -0.111. The molecule has 1 saturated heterocycles. The van der Waals surface area contributed by atoms with E-state index in [1.165, 1.54) is 9.13 Å². The first kappa shape index (κ1) is 16.0. The number of aryl methyl sites for hydroxylation is 1. The van der Waals surface area contributed by atoms with E-state index in [2.05, 4.69) is 22.5 Å². The van der Waals surface area contributed by atoms with Gasteiger partial charge in [0.1, 0.15) is 6.04 Å². The van der Waals surface area contributed by atoms with E-state index in [1.54, 1.807) is 13.1 Å². The quantitative estimate of drug-likeness (QED) is 0.596. The van der Waals surface area contributed by atoms with Crippen LogP contribution in [-0.2, 0) is 16.6 Å². The van der Waals surface area contributed by atoms with Crippen LogP contribution in [0.3, 0.4) is 0 Å². The largest absolute Gasteiger partial charge is 0.329 e. The fourth-order valence-electron chi connectivity index (χ4n) is 3.00. The Bertz CT molecular complexity index is 942. The van der Waals surface area contributed by atoms with Crippen molar-refractivity contribution in [3.63, 3.8) is 0 Å². The van der Waals surface area contributed by atoms with Gasteiger partial charge in [-0.15, -0.1) is 0 Å². The van der Waals surface area contributed by atoms with Gasteiger partial charge in [-0.1, -0.05) is 17.9 Å². The molecule has 2 heterocycles. The molecule has 1 unspecified atom stereocenters. The van der Waals surface area contributed by atoms with Gasteiger partial charge in [-0.2, -0.15) is 0 Å². The predicted molar refractivity (Wildman–Crippen MR) is 89.4 cm³/mol. The highest BCUT2D eigenvalue weighted by Gasteiger charge is 2.31. The van der Waals surface area contributed by atoms with Gasteiger partial charge in [-0.05, 0) is 25.6 Å². The number of carbonyl (C=O) groups is 2. The van der Waals surface area contributed by atoms with Crippen LogP contribution < -0.4 is 16.3 Å². The minimum atomic E-state index is -0.681. The lowest BCUT2D eigenvalue weighted by atomic mass is 10.1. The zero-order valence-electron chi connectivity index (χ0n) is 13.5. The number of amides is 2. The van der Waals surface area contributed by atoms with Gasteiger partial charge in [0.25, 0.3) is 0 Å². The molecule has 0 saturated carbocycles. The van der Waals surface area contributed by atoms with Crippen LogP contribution in [0.25, 0.3) is 11.0 Å². The standard InChI is InChI=1S/C17H18N4O3/c1-18-10-4-6-11-5-3-7-12-15(11)20(2)17(24)21(12)13-8-9-14(22)19-16(13)23/h3,5,7,13,18H,8-10H2,1-2H3,(H,19,22,23). The second kappa shape index (κ2) is 6.34. The maximum atomic E-state index is 12.7. The Hall–Kier alpha value is -2.85. The summed E-state index contributed by atoms with van der Waals surface area (Å²) in [5, 5.41) is 5.25. The number of imidazole rings is 1. The maximum absolute atomic E-state index is 12.7. The second-order valence-corrected chi connectivity index (χ2v) is 5.68. The highest BCUT2D eigenvalue weighted by molar-refractivity contribution is 6.00. The monoisotopic (exact) mass is 326 g/mol. The molecule has 1 aliphatic rings. The SMILES string of the molecule is CNCC#Cc1cccc2c1n(C)c(=O)n2C1CCC(=O)NC1=O. The summed E-state index contributed by atoms with van der Waals surface area (Å²) in [6.45, 7) is 0.540. The molecule has 7 heteroatoms. The van der Waals surface area contributed by atoms with Gasteiger partial charge < -0.3 is 5.32 Å². The van der Waals surface area contributed by atoms with Crippen molar-refractivity contribution in [2.75, 3.05) is 13.6 Å². The van der Waals surface area contributed by atoms with Crippen LogP contribution in [0.4, 0.5) is 0 Å². The molecule has 0 radical (unpaired) electrons. The number of carbonyl (C=O) groups excluding carboxylic acids is 2. The van der Waals surface area contributed by atoms with Crippen molar-refractivity contribution < 1.29 is 9.59 Å². The molecule has 1 aliphatic heterocycles. The molecule has 3 rings (SSSR count). The summed E-state index contributed by atoms with van der Waals surface area (Å²) in [4.78, 5) is 36.2. The number of aromatic nitrogens is 2. The van der Waals surface area contributed by atoms with Crippen LogP contribution in [0.15, 0.2) is 23.0 Å². The maximum Gasteiger partial charge on any atom is 0.329 e. The summed E-state index contributed by atoms with van der Waals surface area (Å²) in [7, 11) is 3.47. The van der Waals surface area contributed by atoms with Gasteiger partial charge in [0, 0.05) is 13.5 Å². The molecule has 124 valence electrons. The Morgan fingerprint density at radius 2 is 2.12 bits per heavy atom. The van der Waals surface area contributed by atoms with Crippen LogP contribution in [0, 0.1) is 11.8 Å². The lowest BCUT2D eigenvalue weighted by Gasteiger charge is -2.21. The number of imide groups is 1. The molecule has 1 fully saturated rings. The molecule has 0 aliphatic carbocycles. The fraction of sp³-hybridized carbons (Fsp3) is 0.353. The highest BCUT2D eigenvalue weighted by Crippen LogP contribution is 2.24. The molecule has 2 amide bonds. The molecule has 1 atom stereocenters. The molecular formula is C17H18N4O3. The van der Waals surface area contributed by atoms with Crippen molar-refractivity contribution in [3.05, 3.63) is 34.2 Å². The van der Waals surface area contributed by atoms with Gasteiger partial charge in [-0.3, -0.25) is 24.0 Å². The van der Waals surface area contributed by atoms with Crippen molar-refractivity contribution in [3.8, 4) is 11.8 Å². The zero-order valence-corrected chi connectivity index (χ0v) is 13.5. The first-order chi connectivity index (χ1) is 11.5. The summed E-state index contributed by atoms with van der Waals surface area (Å²) >= 11 is 0. The number of piperidine rings is 1. The molecule has 0 spiro atoms. The lowest BCUT2D eigenvalue weighted by Crippen LogP contribution is -2.44. The number of hydrogen-bond acceptors (Lipinski definition) is 4. The molecule has 24 heavy (non-hydrogen) atoms. The number of benzene rings is 1. The molecule has 1 aromatic heterocycles. The third kappa shape index (κ3) is 2.61. The lowest BCUT2D eigenvalue weighted by molar-refractivity contribution is -0.135. The van der Waals surface area contributed by atoms with Crippen LogP contribution in [0.2, 0.25) is 0 Å². The van der Waals surface area contributed by atoms with Gasteiger partial charge >= 0.3 is 5.69 Å². The number of fused-ring (bicyclic) bond motifs is 1. The first-order valence-corrected chi connectivity index (χ1v) is 7.71. The summed E-state index contributed by atoms with van der Waals surface area (Å²) < 4.78 is 2.96. The molecule has 7 nitrogen and oxygen atoms in total. The van der Waals surface area contributed by atoms with Gasteiger partial charge in [0.15, 0.2) is 0 Å². The summed E-state index contributed by atoms with van der Waals surface area (Å²) in [5.74, 6) is 5.29. The topological polar surface area (TPSA) is 85.1 Å². The van der Waals surface area contributed by atoms with E-state index in [9.17, 15) is 14.4 Å². The van der Waals surface area contributed by atoms with E-state index >= 15 is 0 Å². The fourth-order valence-corrected chi connectivity index (χ4v) is 3.00. The molecule has 0 bridgehead atoms. The third-order valence-corrected chi connectivity index (χ3v) is 4.11. The van der Waals surface area contributed by atoms with Crippen molar-refractivity contribution in [1.29, 1.82) is 0 Å². The van der Waals surface area contributed by atoms with E-state index < -0.39 is 11.9 Å².